The fourth-order valence-corrected chi connectivity index (χ4v) is 2.41. The minimum atomic E-state index is -0.304. The topological polar surface area (TPSA) is 50.8 Å². The molecule has 0 aromatic heterocycles. The Morgan fingerprint density at radius 3 is 2.58 bits per heavy atom. The van der Waals surface area contributed by atoms with Gasteiger partial charge in [-0.3, -0.25) is 9.69 Å². The lowest BCUT2D eigenvalue weighted by Gasteiger charge is -2.24. The Morgan fingerprint density at radius 2 is 1.88 bits per heavy atom. The number of hydrogen-bond acceptors (Lipinski definition) is 4. The van der Waals surface area contributed by atoms with E-state index in [1.54, 1.807) is 19.2 Å². The van der Waals surface area contributed by atoms with E-state index in [9.17, 15) is 9.18 Å². The monoisotopic (exact) mass is 360 g/mol. The number of benzene rings is 2. The van der Waals surface area contributed by atoms with E-state index in [4.69, 9.17) is 9.47 Å². The van der Waals surface area contributed by atoms with Crippen molar-refractivity contribution in [3.8, 4) is 11.5 Å². The lowest BCUT2D eigenvalue weighted by Crippen LogP contribution is -2.44. The fraction of sp³-hybridized carbons (Fsp3) is 0.350. The first kappa shape index (κ1) is 19.7. The van der Waals surface area contributed by atoms with Gasteiger partial charge >= 0.3 is 0 Å². The van der Waals surface area contributed by atoms with Crippen molar-refractivity contribution in [3.63, 3.8) is 0 Å². The van der Waals surface area contributed by atoms with Gasteiger partial charge in [-0.15, -0.1) is 0 Å². The second-order valence-corrected chi connectivity index (χ2v) is 5.99. The van der Waals surface area contributed by atoms with Gasteiger partial charge < -0.3 is 14.8 Å². The van der Waals surface area contributed by atoms with Gasteiger partial charge in [0.15, 0.2) is 0 Å². The Labute approximate surface area is 153 Å². The zero-order valence-electron chi connectivity index (χ0n) is 15.4. The van der Waals surface area contributed by atoms with Crippen LogP contribution in [-0.4, -0.2) is 44.2 Å². The Kier molecular flexibility index (Phi) is 7.41. The van der Waals surface area contributed by atoms with Crippen LogP contribution in [0.4, 0.5) is 4.39 Å². The van der Waals surface area contributed by atoms with Gasteiger partial charge in [0, 0.05) is 18.7 Å². The average Bonchev–Trinajstić information content (AvgIpc) is 2.67. The Bertz CT molecular complexity index is 706. The number of amides is 1. The number of carbonyl (C=O) groups is 1. The fourth-order valence-electron chi connectivity index (χ4n) is 2.41. The maximum Gasteiger partial charge on any atom is 0.237 e. The van der Waals surface area contributed by atoms with E-state index in [0.29, 0.717) is 25.4 Å². The Hall–Kier alpha value is -2.60. The molecule has 0 spiro atoms. The summed E-state index contributed by atoms with van der Waals surface area (Å²) in [6.07, 6.45) is 0. The van der Waals surface area contributed by atoms with Crippen LogP contribution < -0.4 is 14.8 Å². The lowest BCUT2D eigenvalue weighted by atomic mass is 10.2. The molecule has 1 N–H and O–H groups in total. The molecule has 1 amide bonds. The summed E-state index contributed by atoms with van der Waals surface area (Å²) in [5.74, 6) is 0.990. The van der Waals surface area contributed by atoms with E-state index in [0.717, 1.165) is 11.3 Å². The van der Waals surface area contributed by atoms with Crippen molar-refractivity contribution < 1.29 is 18.7 Å². The molecule has 2 rings (SSSR count). The first-order valence-corrected chi connectivity index (χ1v) is 8.49. The van der Waals surface area contributed by atoms with Gasteiger partial charge in [0.05, 0.1) is 13.2 Å². The summed E-state index contributed by atoms with van der Waals surface area (Å²) in [6, 6.07) is 13.2. The number of hydrogen-bond donors (Lipinski definition) is 1. The molecular weight excluding hydrogens is 335 g/mol. The molecule has 26 heavy (non-hydrogen) atoms. The van der Waals surface area contributed by atoms with Crippen molar-refractivity contribution in [2.75, 3.05) is 27.3 Å². The number of carbonyl (C=O) groups excluding carboxylic acids is 1. The highest BCUT2D eigenvalue weighted by Gasteiger charge is 2.18. The molecule has 1 atom stereocenters. The summed E-state index contributed by atoms with van der Waals surface area (Å²) in [7, 11) is 3.47. The standard InChI is InChI=1S/C20H25FN2O3/c1-15(20(24)22-14-16-6-4-5-7-19(16)25-3)23(2)12-13-26-18-10-8-17(21)9-11-18/h4-11,15H,12-14H2,1-3H3,(H,22,24). The van der Waals surface area contributed by atoms with Crippen molar-refractivity contribution in [1.82, 2.24) is 10.2 Å². The van der Waals surface area contributed by atoms with Gasteiger partial charge in [-0.05, 0) is 44.3 Å². The number of para-hydroxylation sites is 1. The van der Waals surface area contributed by atoms with E-state index in [-0.39, 0.29) is 17.8 Å². The van der Waals surface area contributed by atoms with Crippen LogP contribution in [0.5, 0.6) is 11.5 Å². The van der Waals surface area contributed by atoms with Gasteiger partial charge in [-0.25, -0.2) is 4.39 Å². The van der Waals surface area contributed by atoms with E-state index >= 15 is 0 Å². The lowest BCUT2D eigenvalue weighted by molar-refractivity contribution is -0.125. The van der Waals surface area contributed by atoms with Crippen molar-refractivity contribution in [2.45, 2.75) is 19.5 Å². The molecule has 0 saturated carbocycles. The molecule has 0 fully saturated rings. The predicted molar refractivity (Wildman–Crippen MR) is 98.8 cm³/mol. The maximum absolute atomic E-state index is 12.9. The van der Waals surface area contributed by atoms with Crippen LogP contribution >= 0.6 is 0 Å². The smallest absolute Gasteiger partial charge is 0.237 e. The quantitative estimate of drug-likeness (QED) is 0.747. The third-order valence-electron chi connectivity index (χ3n) is 4.21. The molecule has 6 heteroatoms. The summed E-state index contributed by atoms with van der Waals surface area (Å²) >= 11 is 0. The molecule has 1 unspecified atom stereocenters. The van der Waals surface area contributed by atoms with E-state index in [2.05, 4.69) is 5.32 Å². The SMILES string of the molecule is COc1ccccc1CNC(=O)C(C)N(C)CCOc1ccc(F)cc1. The molecule has 0 radical (unpaired) electrons. The minimum Gasteiger partial charge on any atom is -0.496 e. The van der Waals surface area contributed by atoms with Gasteiger partial charge in [-0.1, -0.05) is 18.2 Å². The van der Waals surface area contributed by atoms with Crippen molar-refractivity contribution in [2.24, 2.45) is 0 Å². The molecule has 0 bridgehead atoms. The van der Waals surface area contributed by atoms with Crippen molar-refractivity contribution >= 4 is 5.91 Å². The highest BCUT2D eigenvalue weighted by Crippen LogP contribution is 2.16. The molecule has 5 nitrogen and oxygen atoms in total. The first-order valence-electron chi connectivity index (χ1n) is 8.49. The third-order valence-corrected chi connectivity index (χ3v) is 4.21. The molecule has 0 saturated heterocycles. The zero-order chi connectivity index (χ0) is 18.9. The van der Waals surface area contributed by atoms with Crippen molar-refractivity contribution in [3.05, 3.63) is 59.9 Å². The number of likely N-dealkylation sites (N-methyl/N-ethyl adjacent to an activating group) is 1. The largest absolute Gasteiger partial charge is 0.496 e. The van der Waals surface area contributed by atoms with Crippen LogP contribution in [0.25, 0.3) is 0 Å². The molecule has 0 aliphatic heterocycles. The summed E-state index contributed by atoms with van der Waals surface area (Å²) < 4.78 is 23.7. The van der Waals surface area contributed by atoms with Gasteiger partial charge in [-0.2, -0.15) is 0 Å². The van der Waals surface area contributed by atoms with Crippen LogP contribution in [0.15, 0.2) is 48.5 Å². The van der Waals surface area contributed by atoms with Gasteiger partial charge in [0.2, 0.25) is 5.91 Å². The maximum atomic E-state index is 12.9. The number of ether oxygens (including phenoxy) is 2. The Balaban J connectivity index is 1.76. The molecule has 140 valence electrons. The highest BCUT2D eigenvalue weighted by molar-refractivity contribution is 5.81. The van der Waals surface area contributed by atoms with Crippen molar-refractivity contribution in [1.29, 1.82) is 0 Å². The average molecular weight is 360 g/mol. The molecule has 2 aromatic carbocycles. The molecule has 0 aliphatic carbocycles. The van der Waals surface area contributed by atoms with Crippen LogP contribution in [0, 0.1) is 5.82 Å². The number of nitrogens with one attached hydrogen (secondary N) is 1. The first-order chi connectivity index (χ1) is 12.5. The second-order valence-electron chi connectivity index (χ2n) is 5.99. The van der Waals surface area contributed by atoms with Gasteiger partial charge in [0.1, 0.15) is 23.9 Å². The van der Waals surface area contributed by atoms with Crippen LogP contribution in [0.3, 0.4) is 0 Å². The van der Waals surface area contributed by atoms with Crippen LogP contribution in [0.2, 0.25) is 0 Å². The van der Waals surface area contributed by atoms with Crippen LogP contribution in [0.1, 0.15) is 12.5 Å². The molecule has 0 aliphatic rings. The van der Waals surface area contributed by atoms with Gasteiger partial charge in [0.25, 0.3) is 0 Å². The number of rotatable bonds is 9. The van der Waals surface area contributed by atoms with E-state index in [1.807, 2.05) is 43.1 Å². The molecule has 2 aromatic rings. The highest BCUT2D eigenvalue weighted by atomic mass is 19.1. The number of methoxy groups -OCH3 is 1. The summed E-state index contributed by atoms with van der Waals surface area (Å²) in [6.45, 7) is 3.23. The third kappa shape index (κ3) is 5.74. The van der Waals surface area contributed by atoms with E-state index < -0.39 is 0 Å². The normalized spacial score (nSPS) is 11.9. The minimum absolute atomic E-state index is 0.0693. The summed E-state index contributed by atoms with van der Waals surface area (Å²) in [5.41, 5.74) is 0.929. The number of nitrogens with zero attached hydrogens (tertiary/aromatic N) is 1. The Morgan fingerprint density at radius 1 is 1.19 bits per heavy atom. The number of halogens is 1. The summed E-state index contributed by atoms with van der Waals surface area (Å²) in [4.78, 5) is 14.3. The second kappa shape index (κ2) is 9.77. The van der Waals surface area contributed by atoms with Crippen LogP contribution in [-0.2, 0) is 11.3 Å². The molecule has 0 heterocycles. The predicted octanol–water partition coefficient (Wildman–Crippen LogP) is 2.85. The summed E-state index contributed by atoms with van der Waals surface area (Å²) in [5, 5.41) is 2.93. The zero-order valence-corrected chi connectivity index (χ0v) is 15.4. The molecular formula is C20H25FN2O3. The van der Waals surface area contributed by atoms with E-state index in [1.165, 1.54) is 12.1 Å².